The van der Waals surface area contributed by atoms with Crippen LogP contribution in [0, 0.1) is 5.92 Å². The van der Waals surface area contributed by atoms with Gasteiger partial charge >= 0.3 is 6.18 Å². The zero-order valence-electron chi connectivity index (χ0n) is 14.9. The maximum atomic E-state index is 13.5. The van der Waals surface area contributed by atoms with E-state index in [1.807, 2.05) is 0 Å². The molecular formula is C19H19BrF3N3O2. The summed E-state index contributed by atoms with van der Waals surface area (Å²) in [5.74, 6) is -0.566. The Bertz CT molecular complexity index is 839. The van der Waals surface area contributed by atoms with E-state index in [1.54, 1.807) is 24.3 Å². The van der Waals surface area contributed by atoms with E-state index in [-0.39, 0.29) is 11.7 Å². The predicted molar refractivity (Wildman–Crippen MR) is 103 cm³/mol. The number of anilines is 2. The van der Waals surface area contributed by atoms with E-state index in [2.05, 4.69) is 31.5 Å². The van der Waals surface area contributed by atoms with Crippen LogP contribution in [0.1, 0.15) is 28.8 Å². The van der Waals surface area contributed by atoms with Crippen LogP contribution >= 0.6 is 15.9 Å². The van der Waals surface area contributed by atoms with Gasteiger partial charge in [-0.2, -0.15) is 13.2 Å². The van der Waals surface area contributed by atoms with E-state index >= 15 is 0 Å². The number of carbonyl (C=O) groups is 1. The Labute approximate surface area is 168 Å². The number of pyridine rings is 1. The number of hydrogen-bond acceptors (Lipinski definition) is 4. The van der Waals surface area contributed by atoms with Crippen molar-refractivity contribution in [3.63, 3.8) is 0 Å². The van der Waals surface area contributed by atoms with Gasteiger partial charge in [0.1, 0.15) is 5.82 Å². The summed E-state index contributed by atoms with van der Waals surface area (Å²) in [6.45, 7) is 1.52. The van der Waals surface area contributed by atoms with Crippen LogP contribution in [0.3, 0.4) is 0 Å². The summed E-state index contributed by atoms with van der Waals surface area (Å²) in [6, 6.07) is 7.81. The number of benzene rings is 1. The number of nitrogens with zero attached hydrogens (tertiary/aromatic N) is 1. The van der Waals surface area contributed by atoms with Gasteiger partial charge in [-0.15, -0.1) is 0 Å². The third kappa shape index (κ3) is 5.45. The molecule has 1 aliphatic rings. The first-order chi connectivity index (χ1) is 13.3. The smallest absolute Gasteiger partial charge is 0.381 e. The zero-order valence-corrected chi connectivity index (χ0v) is 16.4. The van der Waals surface area contributed by atoms with Crippen LogP contribution in [-0.4, -0.2) is 30.6 Å². The molecule has 1 fully saturated rings. The highest BCUT2D eigenvalue weighted by molar-refractivity contribution is 9.10. The van der Waals surface area contributed by atoms with Crippen LogP contribution in [0.15, 0.2) is 41.0 Å². The molecule has 0 saturated carbocycles. The molecule has 2 N–H and O–H groups in total. The van der Waals surface area contributed by atoms with Gasteiger partial charge in [0.15, 0.2) is 0 Å². The first-order valence-electron chi connectivity index (χ1n) is 8.78. The second-order valence-electron chi connectivity index (χ2n) is 6.51. The SMILES string of the molecule is O=C(NCC1CCOCC1)c1cnc(Nc2cccc(Br)c2)cc1C(F)(F)F. The highest BCUT2D eigenvalue weighted by Crippen LogP contribution is 2.34. The number of hydrogen-bond donors (Lipinski definition) is 2. The third-order valence-corrected chi connectivity index (χ3v) is 4.94. The van der Waals surface area contributed by atoms with Gasteiger partial charge in [-0.25, -0.2) is 4.98 Å². The summed E-state index contributed by atoms with van der Waals surface area (Å²) in [6.07, 6.45) is -2.16. The highest BCUT2D eigenvalue weighted by Gasteiger charge is 2.36. The van der Waals surface area contributed by atoms with Gasteiger partial charge < -0.3 is 15.4 Å². The molecule has 2 heterocycles. The lowest BCUT2D eigenvalue weighted by Gasteiger charge is -2.22. The molecule has 0 aliphatic carbocycles. The Kier molecular flexibility index (Phi) is 6.56. The maximum Gasteiger partial charge on any atom is 0.417 e. The third-order valence-electron chi connectivity index (χ3n) is 4.44. The molecule has 2 aromatic rings. The lowest BCUT2D eigenvalue weighted by molar-refractivity contribution is -0.137. The Morgan fingerprint density at radius 2 is 2.00 bits per heavy atom. The quantitative estimate of drug-likeness (QED) is 0.678. The van der Waals surface area contributed by atoms with Crippen molar-refractivity contribution < 1.29 is 22.7 Å². The van der Waals surface area contributed by atoms with Crippen LogP contribution < -0.4 is 10.6 Å². The standard InChI is InChI=1S/C19H19BrF3N3O2/c20-13-2-1-3-14(8-13)26-17-9-16(19(21,22)23)15(11-24-17)18(27)25-10-12-4-6-28-7-5-12/h1-3,8-9,11-12H,4-7,10H2,(H,24,26)(H,25,27). The molecule has 1 amide bonds. The predicted octanol–water partition coefficient (Wildman–Crippen LogP) is 4.76. The molecule has 1 saturated heterocycles. The fourth-order valence-corrected chi connectivity index (χ4v) is 3.34. The van der Waals surface area contributed by atoms with Crippen molar-refractivity contribution >= 4 is 33.3 Å². The fourth-order valence-electron chi connectivity index (χ4n) is 2.94. The number of amides is 1. The van der Waals surface area contributed by atoms with Gasteiger partial charge in [-0.1, -0.05) is 22.0 Å². The number of nitrogens with one attached hydrogen (secondary N) is 2. The van der Waals surface area contributed by atoms with Crippen LogP contribution in [-0.2, 0) is 10.9 Å². The number of ether oxygens (including phenoxy) is 1. The van der Waals surface area contributed by atoms with E-state index in [1.165, 1.54) is 0 Å². The molecule has 1 aliphatic heterocycles. The van der Waals surface area contributed by atoms with Gasteiger partial charge in [0, 0.05) is 36.1 Å². The first-order valence-corrected chi connectivity index (χ1v) is 9.58. The van der Waals surface area contributed by atoms with E-state index in [9.17, 15) is 18.0 Å². The van der Waals surface area contributed by atoms with Gasteiger partial charge in [-0.05, 0) is 43.0 Å². The normalized spacial score (nSPS) is 15.3. The Morgan fingerprint density at radius 3 is 2.68 bits per heavy atom. The topological polar surface area (TPSA) is 63.2 Å². The van der Waals surface area contributed by atoms with Crippen LogP contribution in [0.5, 0.6) is 0 Å². The van der Waals surface area contributed by atoms with E-state index in [4.69, 9.17) is 4.74 Å². The van der Waals surface area contributed by atoms with Crippen molar-refractivity contribution in [2.45, 2.75) is 19.0 Å². The van der Waals surface area contributed by atoms with Gasteiger partial charge in [0.05, 0.1) is 11.1 Å². The van der Waals surface area contributed by atoms with Crippen molar-refractivity contribution in [2.75, 3.05) is 25.1 Å². The summed E-state index contributed by atoms with van der Waals surface area (Å²) in [5, 5.41) is 5.42. The average Bonchev–Trinajstić information content (AvgIpc) is 2.66. The van der Waals surface area contributed by atoms with Crippen molar-refractivity contribution in [3.8, 4) is 0 Å². The van der Waals surface area contributed by atoms with Crippen molar-refractivity contribution in [1.29, 1.82) is 0 Å². The highest BCUT2D eigenvalue weighted by atomic mass is 79.9. The minimum absolute atomic E-state index is 0.00593. The molecular weight excluding hydrogens is 439 g/mol. The second kappa shape index (κ2) is 8.91. The molecule has 28 heavy (non-hydrogen) atoms. The van der Waals surface area contributed by atoms with Crippen molar-refractivity contribution in [1.82, 2.24) is 10.3 Å². The minimum atomic E-state index is -4.68. The number of carbonyl (C=O) groups excluding carboxylic acids is 1. The Morgan fingerprint density at radius 1 is 1.25 bits per heavy atom. The summed E-state index contributed by atoms with van der Waals surface area (Å²) in [5.41, 5.74) is -0.935. The molecule has 5 nitrogen and oxygen atoms in total. The summed E-state index contributed by atoms with van der Waals surface area (Å²) in [4.78, 5) is 16.3. The first kappa shape index (κ1) is 20.6. The summed E-state index contributed by atoms with van der Waals surface area (Å²) in [7, 11) is 0. The van der Waals surface area contributed by atoms with Gasteiger partial charge in [0.2, 0.25) is 0 Å². The molecule has 0 spiro atoms. The molecule has 0 radical (unpaired) electrons. The zero-order chi connectivity index (χ0) is 20.1. The van der Waals surface area contributed by atoms with Crippen LogP contribution in [0.25, 0.3) is 0 Å². The number of rotatable bonds is 5. The van der Waals surface area contributed by atoms with Gasteiger partial charge in [-0.3, -0.25) is 4.79 Å². The number of aromatic nitrogens is 1. The summed E-state index contributed by atoms with van der Waals surface area (Å²) < 4.78 is 46.6. The number of alkyl halides is 3. The lowest BCUT2D eigenvalue weighted by Crippen LogP contribution is -2.33. The maximum absolute atomic E-state index is 13.5. The van der Waals surface area contributed by atoms with Crippen molar-refractivity contribution in [3.05, 3.63) is 52.1 Å². The summed E-state index contributed by atoms with van der Waals surface area (Å²) >= 11 is 3.30. The largest absolute Gasteiger partial charge is 0.417 e. The van der Waals surface area contributed by atoms with Gasteiger partial charge in [0.25, 0.3) is 5.91 Å². The van der Waals surface area contributed by atoms with Crippen LogP contribution in [0.4, 0.5) is 24.7 Å². The molecule has 0 bridgehead atoms. The van der Waals surface area contributed by atoms with Crippen LogP contribution in [0.2, 0.25) is 0 Å². The lowest BCUT2D eigenvalue weighted by atomic mass is 10.00. The molecule has 9 heteroatoms. The number of halogens is 4. The second-order valence-corrected chi connectivity index (χ2v) is 7.43. The molecule has 150 valence electrons. The molecule has 3 rings (SSSR count). The average molecular weight is 458 g/mol. The van der Waals surface area contributed by atoms with E-state index in [0.29, 0.717) is 25.4 Å². The van der Waals surface area contributed by atoms with Crippen molar-refractivity contribution in [2.24, 2.45) is 5.92 Å². The minimum Gasteiger partial charge on any atom is -0.381 e. The molecule has 0 unspecified atom stereocenters. The molecule has 0 atom stereocenters. The molecule has 1 aromatic heterocycles. The fraction of sp³-hybridized carbons (Fsp3) is 0.368. The van der Waals surface area contributed by atoms with E-state index in [0.717, 1.165) is 29.6 Å². The monoisotopic (exact) mass is 457 g/mol. The Balaban J connectivity index is 1.77. The van der Waals surface area contributed by atoms with E-state index < -0.39 is 23.2 Å². The Hall–Kier alpha value is -2.13. The molecule has 1 aromatic carbocycles.